The Morgan fingerprint density at radius 3 is 2.84 bits per heavy atom. The fourth-order valence-electron chi connectivity index (χ4n) is 3.40. The SMILES string of the molecule is COc1c(OCC(=O)N(C)C)ccc2c1N/C(=C\C(=O)c1cccnc1)N1CCN=C21. The van der Waals surface area contributed by atoms with E-state index in [4.69, 9.17) is 9.47 Å². The van der Waals surface area contributed by atoms with Gasteiger partial charge in [0.1, 0.15) is 11.7 Å². The summed E-state index contributed by atoms with van der Waals surface area (Å²) in [5, 5.41) is 3.30. The van der Waals surface area contributed by atoms with Crippen LogP contribution in [0.5, 0.6) is 11.5 Å². The van der Waals surface area contributed by atoms with Crippen molar-refractivity contribution in [1.29, 1.82) is 0 Å². The molecule has 9 nitrogen and oxygen atoms in total. The summed E-state index contributed by atoms with van der Waals surface area (Å²) < 4.78 is 11.3. The van der Waals surface area contributed by atoms with Crippen molar-refractivity contribution in [2.45, 2.75) is 0 Å². The Balaban J connectivity index is 1.70. The second-order valence-electron chi connectivity index (χ2n) is 7.21. The molecular formula is C22H23N5O4. The number of aromatic nitrogens is 1. The first kappa shape index (κ1) is 20.4. The van der Waals surface area contributed by atoms with Gasteiger partial charge in [-0.05, 0) is 24.3 Å². The van der Waals surface area contributed by atoms with Crippen LogP contribution in [0.15, 0.2) is 53.5 Å². The van der Waals surface area contributed by atoms with Crippen LogP contribution in [-0.2, 0) is 4.79 Å². The second-order valence-corrected chi connectivity index (χ2v) is 7.21. The summed E-state index contributed by atoms with van der Waals surface area (Å²) >= 11 is 0. The fourth-order valence-corrected chi connectivity index (χ4v) is 3.40. The molecule has 9 heteroatoms. The molecule has 3 heterocycles. The molecule has 0 atom stereocenters. The van der Waals surface area contributed by atoms with Crippen LogP contribution in [0.3, 0.4) is 0 Å². The summed E-state index contributed by atoms with van der Waals surface area (Å²) in [4.78, 5) is 36.7. The van der Waals surface area contributed by atoms with Gasteiger partial charge >= 0.3 is 0 Å². The lowest BCUT2D eigenvalue weighted by Gasteiger charge is -2.32. The molecule has 0 saturated carbocycles. The van der Waals surface area contributed by atoms with Crippen molar-refractivity contribution in [3.05, 3.63) is 59.7 Å². The largest absolute Gasteiger partial charge is 0.491 e. The molecule has 0 bridgehead atoms. The number of amidine groups is 1. The topological polar surface area (TPSA) is 96.4 Å². The molecule has 4 rings (SSSR count). The Hall–Kier alpha value is -3.88. The highest BCUT2D eigenvalue weighted by Gasteiger charge is 2.33. The lowest BCUT2D eigenvalue weighted by atomic mass is 10.1. The third-order valence-corrected chi connectivity index (χ3v) is 5.02. The van der Waals surface area contributed by atoms with Crippen LogP contribution in [0.4, 0.5) is 5.69 Å². The number of carbonyl (C=O) groups excluding carboxylic acids is 2. The van der Waals surface area contributed by atoms with Gasteiger partial charge in [-0.15, -0.1) is 0 Å². The van der Waals surface area contributed by atoms with E-state index in [2.05, 4.69) is 15.3 Å². The van der Waals surface area contributed by atoms with Gasteiger partial charge in [-0.1, -0.05) is 0 Å². The van der Waals surface area contributed by atoms with Crippen LogP contribution in [-0.4, -0.2) is 73.2 Å². The molecule has 1 amide bonds. The number of pyridine rings is 1. The zero-order valence-electron chi connectivity index (χ0n) is 17.6. The van der Waals surface area contributed by atoms with Crippen LogP contribution in [0.2, 0.25) is 0 Å². The molecule has 0 aliphatic carbocycles. The third-order valence-electron chi connectivity index (χ3n) is 5.02. The van der Waals surface area contributed by atoms with Crippen LogP contribution in [0.25, 0.3) is 0 Å². The summed E-state index contributed by atoms with van der Waals surface area (Å²) in [5.41, 5.74) is 1.97. The number of likely N-dealkylation sites (N-methyl/N-ethyl adjacent to an activating group) is 1. The van der Waals surface area contributed by atoms with Gasteiger partial charge in [0.15, 0.2) is 23.9 Å². The Kier molecular flexibility index (Phi) is 5.57. The van der Waals surface area contributed by atoms with E-state index >= 15 is 0 Å². The zero-order valence-corrected chi connectivity index (χ0v) is 17.6. The van der Waals surface area contributed by atoms with E-state index in [9.17, 15) is 9.59 Å². The second kappa shape index (κ2) is 8.47. The number of methoxy groups -OCH3 is 1. The summed E-state index contributed by atoms with van der Waals surface area (Å²) in [6.45, 7) is 1.16. The molecule has 1 N–H and O–H groups in total. The summed E-state index contributed by atoms with van der Waals surface area (Å²) in [7, 11) is 4.87. The van der Waals surface area contributed by atoms with Gasteiger partial charge in [0, 0.05) is 50.2 Å². The number of anilines is 1. The van der Waals surface area contributed by atoms with E-state index in [-0.39, 0.29) is 18.3 Å². The van der Waals surface area contributed by atoms with E-state index < -0.39 is 0 Å². The molecule has 2 aromatic rings. The summed E-state index contributed by atoms with van der Waals surface area (Å²) in [6, 6.07) is 7.07. The fraction of sp³-hybridized carbons (Fsp3) is 0.273. The maximum absolute atomic E-state index is 12.8. The smallest absolute Gasteiger partial charge is 0.259 e. The first-order chi connectivity index (χ1) is 15.0. The number of ketones is 1. The van der Waals surface area contributed by atoms with Crippen molar-refractivity contribution < 1.29 is 19.1 Å². The molecular weight excluding hydrogens is 398 g/mol. The molecule has 0 fully saturated rings. The highest BCUT2D eigenvalue weighted by Crippen LogP contribution is 2.43. The average molecular weight is 421 g/mol. The molecule has 0 unspecified atom stereocenters. The van der Waals surface area contributed by atoms with Crippen LogP contribution in [0, 0.1) is 0 Å². The normalized spacial score (nSPS) is 15.5. The molecule has 0 radical (unpaired) electrons. The Morgan fingerprint density at radius 1 is 1.29 bits per heavy atom. The number of hydrogen-bond donors (Lipinski definition) is 1. The number of hydrogen-bond acceptors (Lipinski definition) is 8. The number of benzene rings is 1. The van der Waals surface area contributed by atoms with Crippen LogP contribution in [0.1, 0.15) is 15.9 Å². The molecule has 2 aliphatic heterocycles. The van der Waals surface area contributed by atoms with Crippen molar-refractivity contribution in [2.24, 2.45) is 4.99 Å². The molecule has 1 aromatic heterocycles. The first-order valence-corrected chi connectivity index (χ1v) is 9.79. The van der Waals surface area contributed by atoms with Gasteiger partial charge in [-0.3, -0.25) is 19.6 Å². The molecule has 0 saturated heterocycles. The number of nitrogens with zero attached hydrogens (tertiary/aromatic N) is 4. The molecule has 2 aliphatic rings. The number of aliphatic imine (C=N–C) groups is 1. The number of allylic oxidation sites excluding steroid dienone is 1. The van der Waals surface area contributed by atoms with Gasteiger partial charge in [0.25, 0.3) is 5.91 Å². The van der Waals surface area contributed by atoms with E-state index in [1.165, 1.54) is 24.3 Å². The van der Waals surface area contributed by atoms with Gasteiger partial charge in [-0.25, -0.2) is 0 Å². The van der Waals surface area contributed by atoms with Gasteiger partial charge in [-0.2, -0.15) is 0 Å². The van der Waals surface area contributed by atoms with Crippen molar-refractivity contribution >= 4 is 23.2 Å². The standard InChI is InChI=1S/C22H23N5O4/c1-26(2)19(29)13-31-17-7-6-15-20(21(17)30-3)25-18(27-10-9-24-22(15)27)11-16(28)14-5-4-8-23-12-14/h4-8,11-12,25H,9-10,13H2,1-3H3/b18-11+. The highest BCUT2D eigenvalue weighted by atomic mass is 16.5. The number of ether oxygens (including phenoxy) is 2. The number of rotatable bonds is 6. The predicted octanol–water partition coefficient (Wildman–Crippen LogP) is 1.77. The lowest BCUT2D eigenvalue weighted by molar-refractivity contribution is -0.130. The molecule has 160 valence electrons. The highest BCUT2D eigenvalue weighted by molar-refractivity contribution is 6.11. The Morgan fingerprint density at radius 2 is 2.13 bits per heavy atom. The predicted molar refractivity (Wildman–Crippen MR) is 116 cm³/mol. The first-order valence-electron chi connectivity index (χ1n) is 9.79. The van der Waals surface area contributed by atoms with Crippen molar-refractivity contribution in [1.82, 2.24) is 14.8 Å². The molecule has 0 spiro atoms. The quantitative estimate of drug-likeness (QED) is 0.561. The Labute approximate surface area is 180 Å². The minimum atomic E-state index is -0.173. The summed E-state index contributed by atoms with van der Waals surface area (Å²) in [6.07, 6.45) is 4.68. The average Bonchev–Trinajstić information content (AvgIpc) is 3.28. The molecule has 1 aromatic carbocycles. The van der Waals surface area contributed by atoms with Crippen LogP contribution >= 0.6 is 0 Å². The van der Waals surface area contributed by atoms with E-state index in [0.29, 0.717) is 41.7 Å². The van der Waals surface area contributed by atoms with E-state index in [0.717, 1.165) is 11.4 Å². The zero-order chi connectivity index (χ0) is 22.0. The van der Waals surface area contributed by atoms with Gasteiger partial charge in [0.05, 0.1) is 19.3 Å². The summed E-state index contributed by atoms with van der Waals surface area (Å²) in [5.74, 6) is 1.88. The van der Waals surface area contributed by atoms with E-state index in [1.54, 1.807) is 38.5 Å². The maximum atomic E-state index is 12.8. The number of carbonyl (C=O) groups is 2. The van der Waals surface area contributed by atoms with Gasteiger partial charge in [0.2, 0.25) is 0 Å². The van der Waals surface area contributed by atoms with Crippen molar-refractivity contribution in [3.63, 3.8) is 0 Å². The van der Waals surface area contributed by atoms with Crippen molar-refractivity contribution in [3.8, 4) is 11.5 Å². The minimum Gasteiger partial charge on any atom is -0.491 e. The third kappa shape index (κ3) is 3.94. The lowest BCUT2D eigenvalue weighted by Crippen LogP contribution is -2.36. The number of nitrogens with one attached hydrogen (secondary N) is 1. The minimum absolute atomic E-state index is 0.114. The maximum Gasteiger partial charge on any atom is 0.259 e. The monoisotopic (exact) mass is 421 g/mol. The van der Waals surface area contributed by atoms with Crippen molar-refractivity contribution in [2.75, 3.05) is 46.2 Å². The number of fused-ring (bicyclic) bond motifs is 3. The van der Waals surface area contributed by atoms with Gasteiger partial charge < -0.3 is 24.6 Å². The molecule has 31 heavy (non-hydrogen) atoms. The van der Waals surface area contributed by atoms with Crippen LogP contribution < -0.4 is 14.8 Å². The van der Waals surface area contributed by atoms with E-state index in [1.807, 2.05) is 11.0 Å². The number of amides is 1. The Bertz CT molecular complexity index is 1080.